The average molecular weight is 407 g/mol. The van der Waals surface area contributed by atoms with Crippen LogP contribution in [-0.4, -0.2) is 19.2 Å². The van der Waals surface area contributed by atoms with E-state index < -0.39 is 0 Å². The summed E-state index contributed by atoms with van der Waals surface area (Å²) in [6, 6.07) is 20.0. The van der Waals surface area contributed by atoms with Gasteiger partial charge in [0.15, 0.2) is 5.65 Å². The predicted molar refractivity (Wildman–Crippen MR) is 112 cm³/mol. The number of hydrogen-bond acceptors (Lipinski definition) is 4. The topological polar surface area (TPSA) is 52.2 Å². The molecule has 3 aromatic heterocycles. The lowest BCUT2D eigenvalue weighted by Gasteiger charge is -2.09. The van der Waals surface area contributed by atoms with Gasteiger partial charge >= 0.3 is 5.69 Å². The number of rotatable bonds is 4. The minimum Gasteiger partial charge on any atom is -0.278 e. The van der Waals surface area contributed by atoms with Crippen molar-refractivity contribution < 1.29 is 0 Å². The average Bonchev–Trinajstić information content (AvgIpc) is 3.34. The SMILES string of the molecule is O=c1n(Cc2ccccc2Cl)c2sc(Cc3ccccc3)cc2c2ncnn12. The standard InChI is InChI=1S/C21H15ClN4OS/c22-18-9-5-4-8-15(18)12-25-20-17(19-23-13-24-26(19)21(25)27)11-16(28-20)10-14-6-2-1-3-7-14/h1-9,11,13H,10,12H2. The summed E-state index contributed by atoms with van der Waals surface area (Å²) in [6.45, 7) is 0.385. The molecule has 7 heteroatoms. The Kier molecular flexibility index (Phi) is 4.22. The molecular weight excluding hydrogens is 392 g/mol. The number of halogens is 1. The van der Waals surface area contributed by atoms with E-state index in [4.69, 9.17) is 11.6 Å². The molecule has 28 heavy (non-hydrogen) atoms. The maximum atomic E-state index is 13.1. The van der Waals surface area contributed by atoms with Gasteiger partial charge in [0.2, 0.25) is 0 Å². The second-order valence-electron chi connectivity index (χ2n) is 6.55. The summed E-state index contributed by atoms with van der Waals surface area (Å²) in [5.74, 6) is 0. The zero-order valence-corrected chi connectivity index (χ0v) is 16.3. The lowest BCUT2D eigenvalue weighted by molar-refractivity contribution is 0.720. The molecule has 0 amide bonds. The van der Waals surface area contributed by atoms with Gasteiger partial charge in [0, 0.05) is 16.3 Å². The van der Waals surface area contributed by atoms with Crippen LogP contribution in [0.5, 0.6) is 0 Å². The fourth-order valence-electron chi connectivity index (χ4n) is 3.38. The van der Waals surface area contributed by atoms with Crippen molar-refractivity contribution in [3.05, 3.63) is 98.5 Å². The molecule has 0 unspecified atom stereocenters. The summed E-state index contributed by atoms with van der Waals surface area (Å²) < 4.78 is 3.09. The Bertz CT molecular complexity index is 1350. The molecule has 5 nitrogen and oxygen atoms in total. The molecule has 5 aromatic rings. The summed E-state index contributed by atoms with van der Waals surface area (Å²) in [5, 5.41) is 5.70. The van der Waals surface area contributed by atoms with Crippen molar-refractivity contribution in [2.24, 2.45) is 0 Å². The third-order valence-electron chi connectivity index (χ3n) is 4.72. The van der Waals surface area contributed by atoms with Crippen LogP contribution in [0.3, 0.4) is 0 Å². The Morgan fingerprint density at radius 2 is 1.82 bits per heavy atom. The van der Waals surface area contributed by atoms with E-state index in [0.29, 0.717) is 17.2 Å². The second kappa shape index (κ2) is 6.89. The van der Waals surface area contributed by atoms with Crippen LogP contribution < -0.4 is 5.69 Å². The molecule has 0 radical (unpaired) electrons. The van der Waals surface area contributed by atoms with Gasteiger partial charge in [-0.2, -0.15) is 9.61 Å². The zero-order valence-electron chi connectivity index (χ0n) is 14.7. The normalized spacial score (nSPS) is 11.5. The van der Waals surface area contributed by atoms with Gasteiger partial charge in [-0.25, -0.2) is 9.78 Å². The second-order valence-corrected chi connectivity index (χ2v) is 8.07. The highest BCUT2D eigenvalue weighted by atomic mass is 35.5. The van der Waals surface area contributed by atoms with Crippen molar-refractivity contribution in [3.8, 4) is 0 Å². The maximum Gasteiger partial charge on any atom is 0.352 e. The summed E-state index contributed by atoms with van der Waals surface area (Å²) in [5.41, 5.74) is 2.50. The largest absolute Gasteiger partial charge is 0.352 e. The van der Waals surface area contributed by atoms with Crippen molar-refractivity contribution in [2.75, 3.05) is 0 Å². The summed E-state index contributed by atoms with van der Waals surface area (Å²) >= 11 is 7.96. The minimum atomic E-state index is -0.215. The van der Waals surface area contributed by atoms with E-state index >= 15 is 0 Å². The molecule has 0 fully saturated rings. The quantitative estimate of drug-likeness (QED) is 0.444. The first kappa shape index (κ1) is 17.2. The molecule has 0 aliphatic carbocycles. The lowest BCUT2D eigenvalue weighted by Crippen LogP contribution is -2.27. The number of thiophene rings is 1. The molecule has 0 saturated heterocycles. The minimum absolute atomic E-state index is 0.215. The van der Waals surface area contributed by atoms with Crippen LogP contribution in [-0.2, 0) is 13.0 Å². The fourth-order valence-corrected chi connectivity index (χ4v) is 4.75. The highest BCUT2D eigenvalue weighted by Crippen LogP contribution is 2.29. The van der Waals surface area contributed by atoms with E-state index in [9.17, 15) is 4.79 Å². The third-order valence-corrected chi connectivity index (χ3v) is 6.24. The van der Waals surface area contributed by atoms with Gasteiger partial charge < -0.3 is 0 Å². The molecule has 2 aromatic carbocycles. The van der Waals surface area contributed by atoms with Crippen LogP contribution in [0, 0.1) is 0 Å². The number of benzene rings is 2. The van der Waals surface area contributed by atoms with Crippen LogP contribution in [0.25, 0.3) is 15.9 Å². The predicted octanol–water partition coefficient (Wildman–Crippen LogP) is 4.40. The van der Waals surface area contributed by atoms with Crippen LogP contribution in [0.4, 0.5) is 0 Å². The van der Waals surface area contributed by atoms with E-state index in [2.05, 4.69) is 28.3 Å². The Labute approximate surface area is 169 Å². The number of hydrogen-bond donors (Lipinski definition) is 0. The molecule has 0 bridgehead atoms. The molecule has 0 atom stereocenters. The van der Waals surface area contributed by atoms with Gasteiger partial charge in [0.25, 0.3) is 0 Å². The Hall–Kier alpha value is -2.96. The first-order chi connectivity index (χ1) is 13.7. The lowest BCUT2D eigenvalue weighted by atomic mass is 10.1. The first-order valence-corrected chi connectivity index (χ1v) is 10.0. The van der Waals surface area contributed by atoms with Crippen LogP contribution in [0.15, 0.2) is 71.8 Å². The summed E-state index contributed by atoms with van der Waals surface area (Å²) in [6.07, 6.45) is 2.23. The van der Waals surface area contributed by atoms with Gasteiger partial charge in [-0.3, -0.25) is 4.57 Å². The third kappa shape index (κ3) is 2.91. The molecule has 138 valence electrons. The summed E-state index contributed by atoms with van der Waals surface area (Å²) in [7, 11) is 0. The smallest absolute Gasteiger partial charge is 0.278 e. The van der Waals surface area contributed by atoms with Crippen LogP contribution in [0.2, 0.25) is 5.02 Å². The maximum absolute atomic E-state index is 13.1. The van der Waals surface area contributed by atoms with Crippen molar-refractivity contribution in [1.29, 1.82) is 0 Å². The molecule has 0 saturated carbocycles. The molecule has 0 aliphatic heterocycles. The van der Waals surface area contributed by atoms with Crippen LogP contribution >= 0.6 is 22.9 Å². The fraction of sp³-hybridized carbons (Fsp3) is 0.0952. The monoisotopic (exact) mass is 406 g/mol. The van der Waals surface area contributed by atoms with E-state index in [0.717, 1.165) is 22.2 Å². The highest BCUT2D eigenvalue weighted by Gasteiger charge is 2.17. The van der Waals surface area contributed by atoms with Gasteiger partial charge in [0.1, 0.15) is 11.2 Å². The molecular formula is C21H15ClN4OS. The highest BCUT2D eigenvalue weighted by molar-refractivity contribution is 7.18. The molecule has 0 aliphatic rings. The number of aromatic nitrogens is 4. The number of nitrogens with zero attached hydrogens (tertiary/aromatic N) is 4. The van der Waals surface area contributed by atoms with Crippen molar-refractivity contribution >= 4 is 38.8 Å². The molecule has 3 heterocycles. The van der Waals surface area contributed by atoms with Gasteiger partial charge in [-0.05, 0) is 23.3 Å². The Balaban J connectivity index is 1.70. The Morgan fingerprint density at radius 1 is 1.04 bits per heavy atom. The van der Waals surface area contributed by atoms with E-state index in [1.807, 2.05) is 42.5 Å². The van der Waals surface area contributed by atoms with Crippen molar-refractivity contribution in [2.45, 2.75) is 13.0 Å². The van der Waals surface area contributed by atoms with Gasteiger partial charge in [0.05, 0.1) is 11.9 Å². The zero-order chi connectivity index (χ0) is 19.1. The van der Waals surface area contributed by atoms with Crippen LogP contribution in [0.1, 0.15) is 16.0 Å². The molecule has 0 spiro atoms. The van der Waals surface area contributed by atoms with E-state index in [1.165, 1.54) is 21.3 Å². The first-order valence-electron chi connectivity index (χ1n) is 8.83. The molecule has 5 rings (SSSR count). The van der Waals surface area contributed by atoms with E-state index in [-0.39, 0.29) is 5.69 Å². The van der Waals surface area contributed by atoms with E-state index in [1.54, 1.807) is 15.9 Å². The summed E-state index contributed by atoms with van der Waals surface area (Å²) in [4.78, 5) is 19.4. The van der Waals surface area contributed by atoms with Gasteiger partial charge in [-0.1, -0.05) is 60.1 Å². The number of fused-ring (bicyclic) bond motifs is 3. The molecule has 0 N–H and O–H groups in total. The van der Waals surface area contributed by atoms with Crippen molar-refractivity contribution in [1.82, 2.24) is 19.2 Å². The Morgan fingerprint density at radius 3 is 2.64 bits per heavy atom. The van der Waals surface area contributed by atoms with Gasteiger partial charge in [-0.15, -0.1) is 11.3 Å². The van der Waals surface area contributed by atoms with Crippen molar-refractivity contribution in [3.63, 3.8) is 0 Å².